The molecule has 2 fully saturated rings. The molecule has 6 aromatic rings. The van der Waals surface area contributed by atoms with Gasteiger partial charge in [0.05, 0.1) is 60.6 Å². The van der Waals surface area contributed by atoms with Crippen molar-refractivity contribution >= 4 is 22.6 Å². The third-order valence-electron chi connectivity index (χ3n) is 11.8. The number of nitriles is 2. The molecular weight excluding hydrogens is 871 g/mol. The smallest absolute Gasteiger partial charge is 0.387 e. The van der Waals surface area contributed by atoms with Crippen LogP contribution in [0.15, 0.2) is 73.3 Å². The van der Waals surface area contributed by atoms with Gasteiger partial charge in [-0.15, -0.1) is 0 Å². The maximum Gasteiger partial charge on any atom is 0.387 e. The first-order chi connectivity index (χ1) is 31.3. The highest BCUT2D eigenvalue weighted by atomic mass is 19.3. The molecule has 0 unspecified atom stereocenters. The first-order valence-corrected chi connectivity index (χ1v) is 20.8. The Bertz CT molecular complexity index is 2720. The standard InChI is InChI=1S/2C24H22F3N3O3/c2*1-24(2,12-28)15-4-5-18-16(10-29-30(18)11-15)13-8-20(32-3)22(21(9-13)33-23(26)27)19(31)7-14-6-17(14)25/h2*4-5,8-11,14,17,23H,6-7H2,1-3H3/t2*14-,17-/m10/s1. The Morgan fingerprint density at radius 2 is 1.02 bits per heavy atom. The molecule has 2 saturated carbocycles. The van der Waals surface area contributed by atoms with Crippen molar-refractivity contribution in [1.29, 1.82) is 10.5 Å². The van der Waals surface area contributed by atoms with Crippen LogP contribution in [-0.4, -0.2) is 70.6 Å². The van der Waals surface area contributed by atoms with Gasteiger partial charge in [0.15, 0.2) is 11.6 Å². The van der Waals surface area contributed by atoms with Gasteiger partial charge in [-0.1, -0.05) is 12.1 Å². The van der Waals surface area contributed by atoms with Crippen molar-refractivity contribution in [3.05, 3.63) is 95.6 Å². The summed E-state index contributed by atoms with van der Waals surface area (Å²) < 4.78 is 103. The van der Waals surface area contributed by atoms with Gasteiger partial charge >= 0.3 is 13.2 Å². The molecule has 4 atom stereocenters. The van der Waals surface area contributed by atoms with Crippen LogP contribution >= 0.6 is 0 Å². The number of ether oxygens (including phenoxy) is 4. The highest BCUT2D eigenvalue weighted by molar-refractivity contribution is 6.04. The van der Waals surface area contributed by atoms with E-state index in [4.69, 9.17) is 9.47 Å². The first-order valence-electron chi connectivity index (χ1n) is 20.8. The molecule has 0 aliphatic heterocycles. The number of rotatable bonds is 16. The number of halogens is 6. The molecule has 8 rings (SSSR count). The fourth-order valence-electron chi connectivity index (χ4n) is 7.55. The maximum atomic E-state index is 13.3. The number of ketones is 2. The number of alkyl halides is 6. The van der Waals surface area contributed by atoms with Crippen LogP contribution in [0.3, 0.4) is 0 Å². The topological polar surface area (TPSA) is 153 Å². The van der Waals surface area contributed by atoms with Crippen LogP contribution in [0.2, 0.25) is 0 Å². The van der Waals surface area contributed by atoms with Crippen molar-refractivity contribution in [2.24, 2.45) is 11.8 Å². The van der Waals surface area contributed by atoms with Gasteiger partial charge < -0.3 is 18.9 Å². The first kappa shape index (κ1) is 46.9. The van der Waals surface area contributed by atoms with E-state index in [-0.39, 0.29) is 59.8 Å². The van der Waals surface area contributed by atoms with Crippen LogP contribution in [0.1, 0.15) is 85.2 Å². The molecule has 12 nitrogen and oxygen atoms in total. The molecule has 2 aliphatic rings. The fraction of sp³-hybridized carbons (Fsp3) is 0.375. The van der Waals surface area contributed by atoms with Crippen molar-refractivity contribution < 1.29 is 54.9 Å². The molecule has 0 radical (unpaired) electrons. The quantitative estimate of drug-likeness (QED) is 0.0677. The highest BCUT2D eigenvalue weighted by Gasteiger charge is 2.41. The summed E-state index contributed by atoms with van der Waals surface area (Å²) in [5.41, 5.74) is 3.26. The number of fused-ring (bicyclic) bond motifs is 2. The Morgan fingerprint density at radius 1 is 0.667 bits per heavy atom. The van der Waals surface area contributed by atoms with Crippen LogP contribution in [0, 0.1) is 34.5 Å². The van der Waals surface area contributed by atoms with E-state index in [1.807, 2.05) is 0 Å². The molecule has 4 aromatic heterocycles. The number of carbonyl (C=O) groups is 2. The number of hydrogen-bond acceptors (Lipinski definition) is 10. The molecule has 2 aromatic carbocycles. The van der Waals surface area contributed by atoms with Gasteiger partial charge in [0.25, 0.3) is 0 Å². The molecule has 344 valence electrons. The van der Waals surface area contributed by atoms with Gasteiger partial charge in [0.2, 0.25) is 0 Å². The third-order valence-corrected chi connectivity index (χ3v) is 11.8. The second-order valence-corrected chi connectivity index (χ2v) is 17.2. The minimum Gasteiger partial charge on any atom is -0.496 e. The number of carbonyl (C=O) groups excluding carboxylic acids is 2. The van der Waals surface area contributed by atoms with E-state index in [1.54, 1.807) is 97.9 Å². The summed E-state index contributed by atoms with van der Waals surface area (Å²) in [7, 11) is 2.65. The molecular formula is C48H44F6N6O6. The van der Waals surface area contributed by atoms with Crippen molar-refractivity contribution in [1.82, 2.24) is 19.2 Å². The van der Waals surface area contributed by atoms with Gasteiger partial charge in [0.1, 0.15) is 46.5 Å². The Hall–Kier alpha value is -7.08. The number of pyridine rings is 2. The minimum atomic E-state index is -3.16. The molecule has 66 heavy (non-hydrogen) atoms. The van der Waals surface area contributed by atoms with Crippen molar-refractivity contribution in [3.63, 3.8) is 0 Å². The van der Waals surface area contributed by atoms with E-state index in [9.17, 15) is 46.5 Å². The van der Waals surface area contributed by atoms with Gasteiger partial charge in [-0.05, 0) is 99.2 Å². The lowest BCUT2D eigenvalue weighted by Crippen LogP contribution is -2.14. The molecule has 18 heteroatoms. The number of benzene rings is 2. The van der Waals surface area contributed by atoms with E-state index in [0.29, 0.717) is 33.3 Å². The van der Waals surface area contributed by atoms with E-state index >= 15 is 0 Å². The second-order valence-electron chi connectivity index (χ2n) is 17.2. The largest absolute Gasteiger partial charge is 0.496 e. The van der Waals surface area contributed by atoms with Crippen LogP contribution in [0.4, 0.5) is 26.3 Å². The molecule has 2 aliphatic carbocycles. The highest BCUT2D eigenvalue weighted by Crippen LogP contribution is 2.44. The van der Waals surface area contributed by atoms with Crippen LogP contribution < -0.4 is 18.9 Å². The van der Waals surface area contributed by atoms with E-state index in [1.165, 1.54) is 26.4 Å². The molecule has 0 amide bonds. The Morgan fingerprint density at radius 3 is 1.32 bits per heavy atom. The third kappa shape index (κ3) is 9.78. The normalized spacial score (nSPS) is 17.8. The van der Waals surface area contributed by atoms with Crippen molar-refractivity contribution in [3.8, 4) is 57.4 Å². The lowest BCUT2D eigenvalue weighted by molar-refractivity contribution is -0.0509. The summed E-state index contributed by atoms with van der Waals surface area (Å²) in [5.74, 6) is -2.38. The average molecular weight is 915 g/mol. The number of nitrogens with zero attached hydrogens (tertiary/aromatic N) is 6. The summed E-state index contributed by atoms with van der Waals surface area (Å²) in [6, 6.07) is 17.4. The SMILES string of the molecule is COc1cc(-c2cnn3cc(C(C)(C)C#N)ccc23)cc(OC(F)F)c1C(=O)C[C@@H]1C[C@@H]1F.COc1cc(-c2cnn3cc(C(C)(C)C#N)ccc23)cc(OC(F)F)c1C(=O)C[C@H]1C[C@H]1F. The molecule has 4 heterocycles. The summed E-state index contributed by atoms with van der Waals surface area (Å²) in [4.78, 5) is 25.6. The van der Waals surface area contributed by atoms with Gasteiger partial charge in [0, 0.05) is 48.2 Å². The van der Waals surface area contributed by atoms with E-state index in [2.05, 4.69) is 31.8 Å². The summed E-state index contributed by atoms with van der Waals surface area (Å²) >= 11 is 0. The number of hydrogen-bond donors (Lipinski definition) is 0. The zero-order chi connectivity index (χ0) is 47.8. The summed E-state index contributed by atoms with van der Waals surface area (Å²) in [6.07, 6.45) is 4.83. The van der Waals surface area contributed by atoms with Crippen LogP contribution in [0.25, 0.3) is 33.3 Å². The van der Waals surface area contributed by atoms with Crippen LogP contribution in [0.5, 0.6) is 23.0 Å². The zero-order valence-corrected chi connectivity index (χ0v) is 36.6. The van der Waals surface area contributed by atoms with E-state index in [0.717, 1.165) is 11.1 Å². The van der Waals surface area contributed by atoms with Crippen LogP contribution in [-0.2, 0) is 10.8 Å². The number of methoxy groups -OCH3 is 2. The Labute approximate surface area is 375 Å². The molecule has 0 bridgehead atoms. The lowest BCUT2D eigenvalue weighted by atomic mass is 9.87. The Kier molecular flexibility index (Phi) is 13.1. The summed E-state index contributed by atoms with van der Waals surface area (Å²) in [5, 5.41) is 27.4. The molecule has 0 spiro atoms. The van der Waals surface area contributed by atoms with Crippen molar-refractivity contribution in [2.45, 2.75) is 89.8 Å². The lowest BCUT2D eigenvalue weighted by Gasteiger charge is -2.16. The number of aromatic nitrogens is 4. The van der Waals surface area contributed by atoms with Gasteiger partial charge in [-0.3, -0.25) is 9.59 Å². The van der Waals surface area contributed by atoms with Gasteiger partial charge in [-0.2, -0.15) is 38.3 Å². The molecule has 0 saturated heterocycles. The maximum absolute atomic E-state index is 13.3. The Balaban J connectivity index is 0.000000196. The molecule has 0 N–H and O–H groups in total. The summed E-state index contributed by atoms with van der Waals surface area (Å²) in [6.45, 7) is 0.844. The van der Waals surface area contributed by atoms with Crippen molar-refractivity contribution in [2.75, 3.05) is 14.2 Å². The zero-order valence-electron chi connectivity index (χ0n) is 36.6. The van der Waals surface area contributed by atoms with Gasteiger partial charge in [-0.25, -0.2) is 17.8 Å². The predicted octanol–water partition coefficient (Wildman–Crippen LogP) is 10.7. The number of Topliss-reactive ketones (excluding diaryl/α,β-unsaturated/α-hetero) is 2. The average Bonchev–Trinajstić information content (AvgIpc) is 4.01. The minimum absolute atomic E-state index is 0.0609. The fourth-order valence-corrected chi connectivity index (χ4v) is 7.55. The van der Waals surface area contributed by atoms with E-state index < -0.39 is 59.8 Å². The second kappa shape index (κ2) is 18.4. The predicted molar refractivity (Wildman–Crippen MR) is 229 cm³/mol. The monoisotopic (exact) mass is 914 g/mol.